The monoisotopic (exact) mass is 376 g/mol. The molecule has 1 saturated carbocycles. The lowest BCUT2D eigenvalue weighted by atomic mass is 10.1. The molecule has 2 N–H and O–H groups in total. The molecular weight excluding hydrogens is 352 g/mol. The predicted octanol–water partition coefficient (Wildman–Crippen LogP) is 2.97. The van der Waals surface area contributed by atoms with Crippen LogP contribution in [-0.2, 0) is 6.42 Å². The number of allylic oxidation sites excluding steroid dienone is 2. The van der Waals surface area contributed by atoms with Crippen LogP contribution in [0.5, 0.6) is 0 Å². The molecule has 0 aliphatic heterocycles. The quantitative estimate of drug-likeness (QED) is 0.601. The fourth-order valence-electron chi connectivity index (χ4n) is 3.96. The van der Waals surface area contributed by atoms with Gasteiger partial charge in [-0.25, -0.2) is 9.67 Å². The van der Waals surface area contributed by atoms with Crippen LogP contribution in [0.4, 0.5) is 0 Å². The van der Waals surface area contributed by atoms with Gasteiger partial charge in [0.05, 0.1) is 18.3 Å². The van der Waals surface area contributed by atoms with E-state index >= 15 is 0 Å². The van der Waals surface area contributed by atoms with Crippen LogP contribution in [0.15, 0.2) is 60.3 Å². The van der Waals surface area contributed by atoms with Gasteiger partial charge in [0.2, 0.25) is 0 Å². The van der Waals surface area contributed by atoms with Gasteiger partial charge in [0.15, 0.2) is 11.5 Å². The van der Waals surface area contributed by atoms with Crippen molar-refractivity contribution in [2.75, 3.05) is 6.61 Å². The zero-order valence-electron chi connectivity index (χ0n) is 15.9. The summed E-state index contributed by atoms with van der Waals surface area (Å²) in [5.41, 5.74) is 3.36. The van der Waals surface area contributed by atoms with E-state index in [4.69, 9.17) is 0 Å². The SMILES string of the molecule is C=C/C(=N\C=C/C)n1nc(C(=O)N[C@H](CO)c2ccccc2)c2c1[C@H]1C[C@H]1C2. The molecule has 1 amide bonds. The highest BCUT2D eigenvalue weighted by molar-refractivity contribution is 5.99. The van der Waals surface area contributed by atoms with Gasteiger partial charge in [0, 0.05) is 17.7 Å². The number of fused-ring (bicyclic) bond motifs is 3. The van der Waals surface area contributed by atoms with Gasteiger partial charge in [0.25, 0.3) is 5.91 Å². The van der Waals surface area contributed by atoms with Crippen LogP contribution in [0, 0.1) is 5.92 Å². The molecule has 4 rings (SSSR count). The molecule has 28 heavy (non-hydrogen) atoms. The number of aliphatic hydroxyl groups excluding tert-OH is 1. The molecule has 1 fully saturated rings. The average molecular weight is 376 g/mol. The lowest BCUT2D eigenvalue weighted by Gasteiger charge is -2.16. The number of nitrogens with zero attached hydrogens (tertiary/aromatic N) is 3. The fourth-order valence-corrected chi connectivity index (χ4v) is 3.96. The summed E-state index contributed by atoms with van der Waals surface area (Å²) in [5.74, 6) is 1.39. The Hall–Kier alpha value is -2.99. The van der Waals surface area contributed by atoms with Crippen molar-refractivity contribution in [3.05, 3.63) is 77.8 Å². The van der Waals surface area contributed by atoms with Gasteiger partial charge < -0.3 is 10.4 Å². The van der Waals surface area contributed by atoms with Crippen molar-refractivity contribution in [3.8, 4) is 0 Å². The average Bonchev–Trinajstić information content (AvgIpc) is 3.23. The summed E-state index contributed by atoms with van der Waals surface area (Å²) < 4.78 is 1.77. The Morgan fingerprint density at radius 1 is 1.46 bits per heavy atom. The molecule has 144 valence electrons. The van der Waals surface area contributed by atoms with Crippen LogP contribution in [0.25, 0.3) is 0 Å². The molecule has 0 spiro atoms. The Bertz CT molecular complexity index is 958. The maximum absolute atomic E-state index is 13.0. The van der Waals surface area contributed by atoms with E-state index in [2.05, 4.69) is 22.0 Å². The summed E-state index contributed by atoms with van der Waals surface area (Å²) in [5, 5.41) is 17.3. The van der Waals surface area contributed by atoms with Crippen LogP contribution in [0.2, 0.25) is 0 Å². The van der Waals surface area contributed by atoms with Crippen LogP contribution in [-0.4, -0.2) is 33.2 Å². The first kappa shape index (κ1) is 18.4. The number of carbonyl (C=O) groups excluding carboxylic acids is 1. The number of carbonyl (C=O) groups is 1. The number of aliphatic imine (C=N–C) groups is 1. The van der Waals surface area contributed by atoms with Crippen molar-refractivity contribution in [1.82, 2.24) is 15.1 Å². The summed E-state index contributed by atoms with van der Waals surface area (Å²) in [4.78, 5) is 17.4. The molecule has 0 radical (unpaired) electrons. The van der Waals surface area contributed by atoms with Gasteiger partial charge in [-0.2, -0.15) is 5.10 Å². The lowest BCUT2D eigenvalue weighted by Crippen LogP contribution is -2.31. The number of rotatable bonds is 6. The third-order valence-electron chi connectivity index (χ3n) is 5.42. The third kappa shape index (κ3) is 3.20. The summed E-state index contributed by atoms with van der Waals surface area (Å²) in [7, 11) is 0. The second-order valence-electron chi connectivity index (χ2n) is 7.22. The highest BCUT2D eigenvalue weighted by Gasteiger charge is 2.50. The van der Waals surface area contributed by atoms with Crippen molar-refractivity contribution in [3.63, 3.8) is 0 Å². The van der Waals surface area contributed by atoms with Gasteiger partial charge >= 0.3 is 0 Å². The molecule has 0 unspecified atom stereocenters. The number of aliphatic hydroxyl groups is 1. The van der Waals surface area contributed by atoms with Crippen molar-refractivity contribution in [1.29, 1.82) is 0 Å². The first-order chi connectivity index (χ1) is 13.7. The number of hydrogen-bond donors (Lipinski definition) is 2. The van der Waals surface area contributed by atoms with Crippen LogP contribution >= 0.6 is 0 Å². The Labute approximate surface area is 164 Å². The first-order valence-electron chi connectivity index (χ1n) is 9.58. The van der Waals surface area contributed by atoms with E-state index in [1.165, 1.54) is 0 Å². The summed E-state index contributed by atoms with van der Waals surface area (Å²) >= 11 is 0. The van der Waals surface area contributed by atoms with Gasteiger partial charge in [-0.1, -0.05) is 43.0 Å². The van der Waals surface area contributed by atoms with E-state index in [-0.39, 0.29) is 12.5 Å². The normalized spacial score (nSPS) is 21.3. The standard InChI is InChI=1S/C22H24N4O2/c1-3-10-23-19(4-2)26-21-16-11-15(16)12-17(21)20(25-26)22(28)24-18(13-27)14-8-6-5-7-9-14/h3-10,15-16,18,27H,2,11-13H2,1H3,(H,24,28)/b10-3-,23-19+/t15-,16-,18+/m0/s1. The van der Waals surface area contributed by atoms with E-state index in [0.717, 1.165) is 29.7 Å². The van der Waals surface area contributed by atoms with Crippen molar-refractivity contribution < 1.29 is 9.90 Å². The largest absolute Gasteiger partial charge is 0.394 e. The molecule has 2 aromatic rings. The third-order valence-corrected chi connectivity index (χ3v) is 5.42. The maximum Gasteiger partial charge on any atom is 0.272 e. The second kappa shape index (κ2) is 7.56. The molecule has 6 heteroatoms. The van der Waals surface area contributed by atoms with Crippen LogP contribution in [0.3, 0.4) is 0 Å². The summed E-state index contributed by atoms with van der Waals surface area (Å²) in [6.45, 7) is 5.57. The van der Waals surface area contributed by atoms with Gasteiger partial charge in [0.1, 0.15) is 0 Å². The van der Waals surface area contributed by atoms with Crippen LogP contribution in [0.1, 0.15) is 52.6 Å². The Kier molecular flexibility index (Phi) is 4.96. The molecular formula is C22H24N4O2. The molecule has 1 aromatic carbocycles. The van der Waals surface area contributed by atoms with E-state index in [0.29, 0.717) is 23.4 Å². The van der Waals surface area contributed by atoms with Crippen LogP contribution < -0.4 is 5.32 Å². The van der Waals surface area contributed by atoms with E-state index < -0.39 is 6.04 Å². The molecule has 2 aliphatic carbocycles. The minimum absolute atomic E-state index is 0.176. The maximum atomic E-state index is 13.0. The Morgan fingerprint density at radius 2 is 2.25 bits per heavy atom. The topological polar surface area (TPSA) is 79.5 Å². The highest BCUT2D eigenvalue weighted by Crippen LogP contribution is 2.56. The minimum atomic E-state index is -0.471. The molecule has 0 bridgehead atoms. The number of amides is 1. The van der Waals surface area contributed by atoms with Crippen molar-refractivity contribution in [2.24, 2.45) is 10.9 Å². The van der Waals surface area contributed by atoms with Crippen molar-refractivity contribution >= 4 is 11.7 Å². The highest BCUT2D eigenvalue weighted by atomic mass is 16.3. The Balaban J connectivity index is 1.67. The molecule has 1 heterocycles. The zero-order chi connectivity index (χ0) is 19.7. The minimum Gasteiger partial charge on any atom is -0.394 e. The fraction of sp³-hybridized carbons (Fsp3) is 0.318. The number of hydrogen-bond acceptors (Lipinski definition) is 4. The molecule has 0 saturated heterocycles. The van der Waals surface area contributed by atoms with Gasteiger partial charge in [-0.3, -0.25) is 4.79 Å². The smallest absolute Gasteiger partial charge is 0.272 e. The number of nitrogens with one attached hydrogen (secondary N) is 1. The van der Waals surface area contributed by atoms with Crippen molar-refractivity contribution in [2.45, 2.75) is 31.7 Å². The van der Waals surface area contributed by atoms with E-state index in [9.17, 15) is 9.90 Å². The molecule has 2 aliphatic rings. The zero-order valence-corrected chi connectivity index (χ0v) is 15.9. The number of aromatic nitrogens is 2. The van der Waals surface area contributed by atoms with E-state index in [1.54, 1.807) is 17.0 Å². The first-order valence-corrected chi connectivity index (χ1v) is 9.58. The Morgan fingerprint density at radius 3 is 2.93 bits per heavy atom. The summed E-state index contributed by atoms with van der Waals surface area (Å²) in [6, 6.07) is 8.98. The lowest BCUT2D eigenvalue weighted by molar-refractivity contribution is 0.0910. The summed E-state index contributed by atoms with van der Waals surface area (Å²) in [6.07, 6.45) is 7.20. The van der Waals surface area contributed by atoms with E-state index in [1.807, 2.05) is 43.3 Å². The number of benzene rings is 1. The molecule has 6 nitrogen and oxygen atoms in total. The van der Waals surface area contributed by atoms with Gasteiger partial charge in [-0.05, 0) is 37.3 Å². The molecule has 3 atom stereocenters. The predicted molar refractivity (Wildman–Crippen MR) is 108 cm³/mol. The molecule has 1 aromatic heterocycles. The second-order valence-corrected chi connectivity index (χ2v) is 7.22. The van der Waals surface area contributed by atoms with Gasteiger partial charge in [-0.15, -0.1) is 0 Å².